The fourth-order valence-electron chi connectivity index (χ4n) is 4.61. The van der Waals surface area contributed by atoms with Crippen molar-refractivity contribution < 1.29 is 19.1 Å². The Balaban J connectivity index is 2.53. The number of hydrogen-bond donors (Lipinski definition) is 2. The zero-order valence-corrected chi connectivity index (χ0v) is 25.0. The lowest BCUT2D eigenvalue weighted by Crippen LogP contribution is -2.54. The Hall–Kier alpha value is -2.22. The minimum absolute atomic E-state index is 0.00845. The second-order valence-electron chi connectivity index (χ2n) is 11.4. The number of amides is 3. The van der Waals surface area contributed by atoms with Gasteiger partial charge in [0.25, 0.3) is 0 Å². The largest absolute Gasteiger partial charge is 0.444 e. The van der Waals surface area contributed by atoms with Crippen LogP contribution in [0, 0.1) is 19.8 Å². The summed E-state index contributed by atoms with van der Waals surface area (Å²) in [5, 5.41) is 5.98. The smallest absolute Gasteiger partial charge is 0.408 e. The Labute approximate surface area is 227 Å². The number of aryl methyl sites for hydroxylation is 1. The first-order valence-corrected chi connectivity index (χ1v) is 14.9. The van der Waals surface area contributed by atoms with E-state index < -0.39 is 23.8 Å². The lowest BCUT2D eigenvalue weighted by atomic mass is 9.94. The molecule has 2 N–H and O–H groups in total. The molecule has 7 nitrogen and oxygen atoms in total. The maximum Gasteiger partial charge on any atom is 0.408 e. The van der Waals surface area contributed by atoms with Crippen LogP contribution in [0.25, 0.3) is 0 Å². The molecule has 0 aromatic heterocycles. The van der Waals surface area contributed by atoms with Crippen LogP contribution in [-0.2, 0) is 14.3 Å². The number of nitrogens with zero attached hydrogens (tertiary/aromatic N) is 1. The number of nitrogens with one attached hydrogen (secondary N) is 2. The summed E-state index contributed by atoms with van der Waals surface area (Å²) in [7, 11) is 0. The fraction of sp³-hybridized carbons (Fsp3) is 0.690. The average Bonchev–Trinajstić information content (AvgIpc) is 3.51. The van der Waals surface area contributed by atoms with Crippen molar-refractivity contribution in [2.24, 2.45) is 5.92 Å². The topological polar surface area (TPSA) is 87.7 Å². The number of carbonyl (C=O) groups excluding carboxylic acids is 3. The highest BCUT2D eigenvalue weighted by Crippen LogP contribution is 2.41. The lowest BCUT2D eigenvalue weighted by Gasteiger charge is -2.36. The van der Waals surface area contributed by atoms with Crippen molar-refractivity contribution in [3.63, 3.8) is 0 Å². The van der Waals surface area contributed by atoms with Gasteiger partial charge in [0, 0.05) is 12.1 Å². The van der Waals surface area contributed by atoms with Crippen molar-refractivity contribution in [3.8, 4) is 0 Å². The van der Waals surface area contributed by atoms with Gasteiger partial charge in [0.1, 0.15) is 17.7 Å². The monoisotopic (exact) mass is 533 g/mol. The van der Waals surface area contributed by atoms with Crippen LogP contribution in [-0.4, -0.2) is 58.5 Å². The van der Waals surface area contributed by atoms with E-state index >= 15 is 0 Å². The van der Waals surface area contributed by atoms with Gasteiger partial charge >= 0.3 is 6.09 Å². The van der Waals surface area contributed by atoms with Crippen LogP contribution in [0.5, 0.6) is 0 Å². The normalized spacial score (nSPS) is 19.4. The van der Waals surface area contributed by atoms with Crippen molar-refractivity contribution in [2.45, 2.75) is 111 Å². The van der Waals surface area contributed by atoms with Crippen LogP contribution < -0.4 is 10.6 Å². The van der Waals surface area contributed by atoms with E-state index in [-0.39, 0.29) is 29.8 Å². The highest BCUT2D eigenvalue weighted by molar-refractivity contribution is 7.98. The number of ether oxygens (including phenoxy) is 1. The molecule has 0 radical (unpaired) electrons. The fourth-order valence-corrected chi connectivity index (χ4v) is 5.08. The Bertz CT molecular complexity index is 946. The molecule has 1 aliphatic rings. The molecule has 2 rings (SSSR count). The molecule has 1 aromatic carbocycles. The Morgan fingerprint density at radius 3 is 2.35 bits per heavy atom. The SMILES string of the molecule is CCCC(C)NC(=O)C(c1cccc(C)c1C)N(C(=O)C(CCSC)NC(=O)OC(C)(C)C)C1CC1C. The van der Waals surface area contributed by atoms with Gasteiger partial charge in [-0.25, -0.2) is 4.79 Å². The highest BCUT2D eigenvalue weighted by atomic mass is 32.2. The van der Waals surface area contributed by atoms with Crippen molar-refractivity contribution in [3.05, 3.63) is 34.9 Å². The van der Waals surface area contributed by atoms with Crippen molar-refractivity contribution >= 4 is 29.7 Å². The first kappa shape index (κ1) is 31.0. The molecule has 3 amide bonds. The van der Waals surface area contributed by atoms with Crippen LogP contribution in [0.15, 0.2) is 18.2 Å². The third-order valence-corrected chi connectivity index (χ3v) is 7.50. The molecule has 0 bridgehead atoms. The molecule has 37 heavy (non-hydrogen) atoms. The Kier molecular flexibility index (Phi) is 11.3. The predicted octanol–water partition coefficient (Wildman–Crippen LogP) is 5.53. The predicted molar refractivity (Wildman–Crippen MR) is 152 cm³/mol. The molecule has 1 fully saturated rings. The molecule has 0 spiro atoms. The summed E-state index contributed by atoms with van der Waals surface area (Å²) in [5.41, 5.74) is 2.21. The standard InChI is InChI=1S/C29H47N3O4S/c1-10-12-20(4)30-26(33)25(22-14-11-13-18(2)21(22)5)32(24-17-19(24)3)27(34)23(15-16-37-9)31-28(35)36-29(6,7)8/h11,13-14,19-20,23-25H,10,12,15-17H2,1-9H3,(H,30,33)(H,31,35). The summed E-state index contributed by atoms with van der Waals surface area (Å²) in [6.45, 7) is 15.6. The maximum absolute atomic E-state index is 14.3. The first-order valence-electron chi connectivity index (χ1n) is 13.5. The maximum atomic E-state index is 14.3. The van der Waals surface area contributed by atoms with E-state index in [0.717, 1.165) is 36.0 Å². The van der Waals surface area contributed by atoms with E-state index in [1.807, 2.05) is 45.2 Å². The molecule has 0 saturated heterocycles. The van der Waals surface area contributed by atoms with Crippen molar-refractivity contribution in [1.82, 2.24) is 15.5 Å². The molecule has 5 atom stereocenters. The van der Waals surface area contributed by atoms with Gasteiger partial charge in [-0.2, -0.15) is 11.8 Å². The molecule has 1 aliphatic carbocycles. The summed E-state index contributed by atoms with van der Waals surface area (Å²) in [6.07, 6.45) is 4.43. The van der Waals surface area contributed by atoms with Crippen LogP contribution in [0.1, 0.15) is 90.0 Å². The van der Waals surface area contributed by atoms with Crippen molar-refractivity contribution in [2.75, 3.05) is 12.0 Å². The van der Waals surface area contributed by atoms with Gasteiger partial charge in [0.2, 0.25) is 11.8 Å². The van der Waals surface area contributed by atoms with Gasteiger partial charge in [-0.15, -0.1) is 0 Å². The van der Waals surface area contributed by atoms with Gasteiger partial charge in [-0.3, -0.25) is 9.59 Å². The minimum atomic E-state index is -0.788. The summed E-state index contributed by atoms with van der Waals surface area (Å²) in [4.78, 5) is 42.6. The minimum Gasteiger partial charge on any atom is -0.444 e. The summed E-state index contributed by atoms with van der Waals surface area (Å²) >= 11 is 1.61. The average molecular weight is 534 g/mol. The van der Waals surface area contributed by atoms with Crippen LogP contribution >= 0.6 is 11.8 Å². The van der Waals surface area contributed by atoms with E-state index in [4.69, 9.17) is 4.74 Å². The summed E-state index contributed by atoms with van der Waals surface area (Å²) in [6, 6.07) is 4.26. The first-order chi connectivity index (χ1) is 17.3. The molecular weight excluding hydrogens is 486 g/mol. The van der Waals surface area contributed by atoms with Crippen LogP contribution in [0.2, 0.25) is 0 Å². The molecule has 0 heterocycles. The lowest BCUT2D eigenvalue weighted by molar-refractivity contribution is -0.143. The van der Waals surface area contributed by atoms with E-state index in [2.05, 4.69) is 24.5 Å². The molecule has 8 heteroatoms. The third kappa shape index (κ3) is 8.94. The molecule has 5 unspecified atom stereocenters. The van der Waals surface area contributed by atoms with Gasteiger partial charge in [-0.1, -0.05) is 38.5 Å². The molecule has 0 aliphatic heterocycles. The van der Waals surface area contributed by atoms with Gasteiger partial charge in [0.15, 0.2) is 0 Å². The number of carbonyl (C=O) groups is 3. The molecule has 208 valence electrons. The van der Waals surface area contributed by atoms with E-state index in [0.29, 0.717) is 12.2 Å². The second-order valence-corrected chi connectivity index (χ2v) is 12.4. The van der Waals surface area contributed by atoms with Gasteiger partial charge in [0.05, 0.1) is 0 Å². The summed E-state index contributed by atoms with van der Waals surface area (Å²) < 4.78 is 5.48. The quantitative estimate of drug-likeness (QED) is 0.369. The number of rotatable bonds is 12. The summed E-state index contributed by atoms with van der Waals surface area (Å²) in [5.74, 6) is 0.551. The number of alkyl carbamates (subject to hydrolysis) is 1. The number of hydrogen-bond acceptors (Lipinski definition) is 5. The number of thioether (sulfide) groups is 1. The molecule has 1 aromatic rings. The Morgan fingerprint density at radius 1 is 1.16 bits per heavy atom. The second kappa shape index (κ2) is 13.5. The number of benzene rings is 1. The Morgan fingerprint density at radius 2 is 1.81 bits per heavy atom. The van der Waals surface area contributed by atoms with Crippen LogP contribution in [0.3, 0.4) is 0 Å². The van der Waals surface area contributed by atoms with Crippen molar-refractivity contribution in [1.29, 1.82) is 0 Å². The van der Waals surface area contributed by atoms with E-state index in [9.17, 15) is 14.4 Å². The highest BCUT2D eigenvalue weighted by Gasteiger charge is 2.48. The van der Waals surface area contributed by atoms with E-state index in [1.54, 1.807) is 37.4 Å². The van der Waals surface area contributed by atoms with Crippen LogP contribution in [0.4, 0.5) is 4.79 Å². The molecule has 1 saturated carbocycles. The molecular formula is C29H47N3O4S. The zero-order valence-electron chi connectivity index (χ0n) is 24.1. The van der Waals surface area contributed by atoms with Gasteiger partial charge < -0.3 is 20.3 Å². The third-order valence-electron chi connectivity index (χ3n) is 6.86. The zero-order chi connectivity index (χ0) is 27.9. The van der Waals surface area contributed by atoms with Gasteiger partial charge in [-0.05, 0) is 95.4 Å². The van der Waals surface area contributed by atoms with E-state index in [1.165, 1.54) is 0 Å².